The molecule has 18 aromatic heterocycles. The molecule has 143 heavy (non-hydrogen) atoms. The van der Waals surface area contributed by atoms with Crippen LogP contribution in [0.1, 0.15) is 211 Å². The van der Waals surface area contributed by atoms with Crippen LogP contribution in [-0.4, -0.2) is 75.9 Å². The zero-order valence-electron chi connectivity index (χ0n) is 85.7. The number of fused-ring (bicyclic) bond motifs is 10. The number of thiophene rings is 10. The van der Waals surface area contributed by atoms with Crippen LogP contribution in [0.4, 0.5) is 26.3 Å². The van der Waals surface area contributed by atoms with Crippen LogP contribution in [0.15, 0.2) is 94.4 Å². The molecule has 6 atom stereocenters. The largest absolute Gasteiger partial charge is 0.425 e. The van der Waals surface area contributed by atoms with Crippen LogP contribution >= 0.6 is 247 Å². The van der Waals surface area contributed by atoms with Gasteiger partial charge in [0.25, 0.3) is 0 Å². The molecule has 0 amide bonds. The minimum atomic E-state index is -4.38. The van der Waals surface area contributed by atoms with E-state index < -0.39 is 61.9 Å². The fourth-order valence-electron chi connectivity index (χ4n) is 20.4. The van der Waals surface area contributed by atoms with Gasteiger partial charge in [-0.05, 0) is 263 Å². The molecule has 2 aliphatic heterocycles. The van der Waals surface area contributed by atoms with Gasteiger partial charge >= 0.3 is 12.4 Å². The number of alkyl halides is 6. The number of pyridine rings is 4. The molecule has 0 aliphatic carbocycles. The molecule has 0 radical (unpaired) electrons. The normalized spacial score (nSPS) is 16.2. The number of hydrogen-bond donors (Lipinski definition) is 0. The summed E-state index contributed by atoms with van der Waals surface area (Å²) in [7, 11) is -7.18. The summed E-state index contributed by atoms with van der Waals surface area (Å²) in [6.07, 6.45) is 16.0. The van der Waals surface area contributed by atoms with Crippen molar-refractivity contribution < 1.29 is 26.3 Å². The van der Waals surface area contributed by atoms with Gasteiger partial charge in [0, 0.05) is 104 Å². The molecular weight excluding hydrogens is 2430 g/mol. The summed E-state index contributed by atoms with van der Waals surface area (Å²) in [6.45, 7) is 34.5. The van der Waals surface area contributed by atoms with Crippen LogP contribution in [0, 0.1) is 79.1 Å². The van der Waals surface area contributed by atoms with Crippen molar-refractivity contribution >= 4 is 328 Å². The lowest BCUT2D eigenvalue weighted by molar-refractivity contribution is -0.135. The van der Waals surface area contributed by atoms with E-state index in [9.17, 15) is 26.3 Å². The summed E-state index contributed by atoms with van der Waals surface area (Å²) in [6, 6.07) is 27.2. The van der Waals surface area contributed by atoms with Crippen molar-refractivity contribution in [1.82, 2.24) is 54.9 Å². The first-order valence-corrected chi connectivity index (χ1v) is 73.5. The Bertz CT molecular complexity index is 7570. The fraction of sp³-hybridized carbons (Fsp3) is 0.412. The lowest BCUT2D eigenvalue weighted by atomic mass is 10.0. The predicted molar refractivity (Wildman–Crippen MR) is 644 cm³/mol. The molecule has 0 aromatic carbocycles. The van der Waals surface area contributed by atoms with Crippen LogP contribution in [-0.2, 0) is 12.4 Å². The molecule has 41 heteroatoms. The van der Waals surface area contributed by atoms with Crippen LogP contribution in [0.5, 0.6) is 0 Å². The highest BCUT2D eigenvalue weighted by molar-refractivity contribution is 9.55. The third-order valence-electron chi connectivity index (χ3n) is 27.8. The van der Waals surface area contributed by atoms with E-state index >= 15 is 0 Å². The third kappa shape index (κ3) is 22.9. The van der Waals surface area contributed by atoms with Crippen molar-refractivity contribution in [3.63, 3.8) is 0 Å². The van der Waals surface area contributed by atoms with Crippen molar-refractivity contribution in [3.05, 3.63) is 147 Å². The van der Waals surface area contributed by atoms with Crippen LogP contribution in [0.3, 0.4) is 0 Å². The van der Waals surface area contributed by atoms with Gasteiger partial charge < -0.3 is 0 Å². The molecule has 20 rings (SSSR count). The Morgan fingerprint density at radius 1 is 0.350 bits per heavy atom. The quantitative estimate of drug-likeness (QED) is 0.0211. The van der Waals surface area contributed by atoms with Gasteiger partial charge in [-0.15, -0.1) is 113 Å². The number of nitrogens with zero attached hydrogens (tertiary/aromatic N) is 12. The maximum atomic E-state index is 13.9. The maximum absolute atomic E-state index is 13.9. The first kappa shape index (κ1) is 105. The summed E-state index contributed by atoms with van der Waals surface area (Å²) in [5, 5.41) is 6.42. The van der Waals surface area contributed by atoms with Crippen LogP contribution in [0.25, 0.3) is 156 Å². The Labute approximate surface area is 936 Å². The molecule has 0 saturated heterocycles. The molecular formula is C102H110Br4F6N12P2S15Si2. The van der Waals surface area contributed by atoms with Gasteiger partial charge in [0.2, 0.25) is 0 Å². The fourth-order valence-corrected chi connectivity index (χ4v) is 59.9. The molecule has 0 spiro atoms. The topological polar surface area (TPSA) is 155 Å². The summed E-state index contributed by atoms with van der Waals surface area (Å²) in [5.41, 5.74) is 17.6. The Morgan fingerprint density at radius 2 is 0.629 bits per heavy atom. The minimum Gasteiger partial charge on any atom is -0.252 e. The smallest absolute Gasteiger partial charge is 0.252 e. The van der Waals surface area contributed by atoms with Gasteiger partial charge in [0.15, 0.2) is 0 Å². The average molecular weight is 2540 g/mol. The van der Waals surface area contributed by atoms with Crippen molar-refractivity contribution in [3.8, 4) is 112 Å². The second-order valence-corrected chi connectivity index (χ2v) is 68.6. The Hall–Kier alpha value is -3.98. The molecule has 0 N–H and O–H groups in total. The number of halogens is 10. The second kappa shape index (κ2) is 47.7. The Morgan fingerprint density at radius 3 is 0.909 bits per heavy atom. The molecule has 756 valence electrons. The summed E-state index contributed by atoms with van der Waals surface area (Å²) >= 11 is 34.0. The van der Waals surface area contributed by atoms with E-state index in [1.807, 2.05) is 120 Å². The van der Waals surface area contributed by atoms with E-state index in [-0.39, 0.29) is 5.56 Å². The number of aromatic nitrogens is 12. The lowest BCUT2D eigenvalue weighted by Crippen LogP contribution is -2.56. The van der Waals surface area contributed by atoms with E-state index in [0.29, 0.717) is 27.2 Å². The van der Waals surface area contributed by atoms with Crippen LogP contribution in [0.2, 0.25) is 24.2 Å². The predicted octanol–water partition coefficient (Wildman–Crippen LogP) is 39.2. The third-order valence-corrected chi connectivity index (χ3v) is 64.0. The Balaban J connectivity index is 0.000000170. The molecule has 0 saturated carbocycles. The molecule has 12 nitrogen and oxygen atoms in total. The Kier molecular flexibility index (Phi) is 35.0. The highest BCUT2D eigenvalue weighted by Crippen LogP contribution is 2.57. The molecule has 0 fully saturated rings. The first-order valence-electron chi connectivity index (χ1n) is 49.8. The van der Waals surface area contributed by atoms with E-state index in [2.05, 4.69) is 190 Å². The number of aryl methyl sites for hydroxylation is 8. The molecule has 2 aliphatic rings. The molecule has 0 bridgehead atoms. The van der Waals surface area contributed by atoms with E-state index in [0.717, 1.165) is 170 Å². The van der Waals surface area contributed by atoms with Gasteiger partial charge in [0.1, 0.15) is 92.8 Å². The molecule has 6 unspecified atom stereocenters. The van der Waals surface area contributed by atoms with E-state index in [1.54, 1.807) is 44.2 Å². The van der Waals surface area contributed by atoms with Crippen molar-refractivity contribution in [1.29, 1.82) is 4.80 Å². The SMILES string of the molecule is CCCCC(CC)C[Si]1(CC(CC)CCCC)c2cc(-c3ncc(-c4cc(C)c(-c5cc(C)c(C)s5)s4)c4nsnc34)sc2-c2sc(-c3ncc(-c4cc(C)c(-c5cc(C)c(C(F)(F)F)s5)s4)c4nsnc34)cc21.CCCCC(CC)C[Si]1(CC(CC)CCCC)c2cc(-c3ncc(Br)c4nsnc34)sc2-c2sc(-c3ncc(Br)c4nsnc34)cc21.Cc1cc(C)c(-c2cc(C)c(C(F)(F)F)s2)s1.[2H]S([3H])(P([3H])Br)P([3H])Br. The highest BCUT2D eigenvalue weighted by Gasteiger charge is 2.53. The van der Waals surface area contributed by atoms with Crippen molar-refractivity contribution in [2.24, 2.45) is 23.7 Å². The van der Waals surface area contributed by atoms with Gasteiger partial charge in [-0.25, -0.2) is 10.8 Å². The standard InChI is InChI=1S/C56H57F3N6S8Si.C34H38Br2N6S4Si.C12H11F3S2.Br2H4P2S/c1-10-14-16-33(12-3)26-74(27-34(13-4)17-15-11-2)43-22-39(47-49-45(62-72-64-49)35(24-60-47)37-19-29(6)51(67-37)41-18-28(5)32(9)66-41)69-53(43)54-44(74)23-40(70-54)48-50-46(63-73-65-50)36(25-61-48)38-20-30(7)52(68-38)42-21-31(8)55(71-42)56(57,58)59;1-5-9-11-19(7-3)17-47(18-20(8-4)12-10-6-2)25-13-23(29-31-27(39-45-41-31)21(35)15-37-29)43-33(25)34-26(47)14-24(44-34)30-32-28(40-46-42-32)22(36)16-38-30;1-6-4-8(3)16-10(6)9-5-7(2)11(17-9)12(13,14)15;1-3-5-4-2/h18-25,33-34H,10-17,26-27H2,1-9H3;13-16,19-20H,5-12,17-18H2,1-4H3;4-5H,1-3H3;3-4H,5H2/i;;;3T,4T,5TD. The second-order valence-electron chi connectivity index (χ2n) is 37.3. The van der Waals surface area contributed by atoms with Gasteiger partial charge in [-0.3, -0.25) is 19.9 Å². The molecule has 18 aromatic rings. The molecule has 20 heterocycles. The summed E-state index contributed by atoms with van der Waals surface area (Å²) in [5.74, 6) is 2.67. The van der Waals surface area contributed by atoms with Crippen molar-refractivity contribution in [2.45, 2.75) is 250 Å². The zero-order chi connectivity index (χ0) is 105. The van der Waals surface area contributed by atoms with E-state index in [1.165, 1.54) is 251 Å². The van der Waals surface area contributed by atoms with Gasteiger partial charge in [-0.1, -0.05) is 189 Å². The first-order chi connectivity index (χ1) is 70.2. The van der Waals surface area contributed by atoms with Gasteiger partial charge in [-0.2, -0.15) is 61.3 Å². The minimum absolute atomic E-state index is 0.250. The van der Waals surface area contributed by atoms with Crippen molar-refractivity contribution in [2.75, 3.05) is 0 Å². The van der Waals surface area contributed by atoms with Crippen LogP contribution < -0.4 is 20.7 Å². The maximum Gasteiger partial charge on any atom is 0.425 e. The van der Waals surface area contributed by atoms with Gasteiger partial charge in [0.05, 0.1) is 80.2 Å². The number of rotatable bonds is 35. The zero-order valence-corrected chi connectivity index (χ0v) is 104. The average Bonchev–Trinajstić information content (AvgIpc) is 1.54. The summed E-state index contributed by atoms with van der Waals surface area (Å²) in [4.78, 5) is 40.2. The lowest BCUT2D eigenvalue weighted by Gasteiger charge is -2.35. The number of unbranched alkanes of at least 4 members (excludes halogenated alkanes) is 4. The summed E-state index contributed by atoms with van der Waals surface area (Å²) < 4.78 is 148. The highest BCUT2D eigenvalue weighted by atomic mass is 79.9. The van der Waals surface area contributed by atoms with E-state index in [4.69, 9.17) is 51.0 Å². The number of hydrogen-bond acceptors (Lipinski definition) is 26. The monoisotopic (exact) mass is 2540 g/mol.